The Labute approximate surface area is 446 Å². The summed E-state index contributed by atoms with van der Waals surface area (Å²) in [4.78, 5) is 90.4. The number of ether oxygens (including phenoxy) is 3. The van der Waals surface area contributed by atoms with Crippen LogP contribution in [0, 0.1) is 0 Å². The van der Waals surface area contributed by atoms with Crippen molar-refractivity contribution in [1.82, 2.24) is 61.7 Å². The molecule has 0 saturated heterocycles. The highest BCUT2D eigenvalue weighted by Gasteiger charge is 2.35. The van der Waals surface area contributed by atoms with Gasteiger partial charge < -0.3 is 45.7 Å². The van der Waals surface area contributed by atoms with E-state index >= 15 is 9.59 Å². The molecule has 1 aliphatic rings. The Morgan fingerprint density at radius 2 is 1.47 bits per heavy atom. The molecular weight excluding hydrogens is 1000 g/mol. The Balaban J connectivity index is 1.42. The maximum Gasteiger partial charge on any atom is 0.419 e. The lowest BCUT2D eigenvalue weighted by Crippen LogP contribution is -2.57. The number of alkyl carbamates (subject to hydrolysis) is 2. The number of hydrogen-bond acceptors (Lipinski definition) is 15. The summed E-state index contributed by atoms with van der Waals surface area (Å²) in [7, 11) is 1.51. The van der Waals surface area contributed by atoms with Crippen LogP contribution >= 0.6 is 23.4 Å². The second-order valence-electron chi connectivity index (χ2n) is 21.2. The third-order valence-electron chi connectivity index (χ3n) is 11.5. The number of aromatic nitrogens is 6. The maximum absolute atomic E-state index is 15.2. The number of unbranched alkanes of at least 4 members (excludes halogenated alkanes) is 1. The van der Waals surface area contributed by atoms with E-state index < -0.39 is 70.9 Å². The highest BCUT2D eigenvalue weighted by atomic mass is 35.5. The summed E-state index contributed by atoms with van der Waals surface area (Å²) in [6, 6.07) is 11.1. The van der Waals surface area contributed by atoms with E-state index in [0.29, 0.717) is 61.8 Å². The summed E-state index contributed by atoms with van der Waals surface area (Å²) in [5, 5.41) is 31.0. The average Bonchev–Trinajstić information content (AvgIpc) is 4.00. The number of fused-ring (bicyclic) bond motifs is 3. The summed E-state index contributed by atoms with van der Waals surface area (Å²) in [6.45, 7) is 16.4. The summed E-state index contributed by atoms with van der Waals surface area (Å²) < 4.78 is 18.0. The number of nitrogens with zero attached hydrogens (tertiary/aromatic N) is 6. The molecule has 6 rings (SSSR count). The van der Waals surface area contributed by atoms with Crippen LogP contribution in [0.25, 0.3) is 22.3 Å². The molecule has 404 valence electrons. The number of hydrogen-bond donors (Lipinski definition) is 6. The SMILES string of the molecule is CN1C(=O)[C@H](CCCCNC(=O)OC(C)(C)C)NC(=O)[C@H](CCCNC(=O)OC(C)(C)C)NCc2cccnc2Sc2c(Cl)cc(-c3nn[nH]n3)cc2CNC(=O)[C@@H]1Cc1cn(C(=O)OC(C)(C)C)c2ccccc12. The molecule has 5 amide bonds. The van der Waals surface area contributed by atoms with Gasteiger partial charge >= 0.3 is 18.3 Å². The predicted octanol–water partition coefficient (Wildman–Crippen LogP) is 7.45. The number of carbonyl (C=O) groups excluding carboxylic acids is 6. The van der Waals surface area contributed by atoms with E-state index in [0.717, 1.165) is 5.56 Å². The Morgan fingerprint density at radius 3 is 2.13 bits per heavy atom. The standard InChI is InChI=1S/C52H69ClN12O9S/c1-50(2,3)72-47(69)55-22-14-13-19-38-46(68)64(10)40(27-34-30-65(49(71)74-52(7,8)9)39-21-12-11-18-35(34)39)44(67)58-29-33-25-32(42-60-62-63-61-42)26-36(53)41(33)75-45-31(17-15-23-54-45)28-57-37(43(66)59-38)20-16-24-56-48(70)73-51(4,5)6/h11-12,15,17-18,21,23,25-26,30,37-38,40,57H,13-14,16,19-20,22,24,27-29H2,1-10H3,(H,55,69)(H,56,70)(H,58,67)(H,59,66)(H,60,61,62,63)/t37-,38-,40-/m0/s1. The van der Waals surface area contributed by atoms with Crippen molar-refractivity contribution in [3.8, 4) is 11.4 Å². The molecule has 4 heterocycles. The van der Waals surface area contributed by atoms with Gasteiger partial charge in [-0.2, -0.15) is 5.21 Å². The summed E-state index contributed by atoms with van der Waals surface area (Å²) in [6.07, 6.45) is 2.86. The van der Waals surface area contributed by atoms with Crippen LogP contribution in [0.4, 0.5) is 14.4 Å². The molecule has 21 nitrogen and oxygen atoms in total. The number of halogens is 1. The van der Waals surface area contributed by atoms with Crippen molar-refractivity contribution in [2.45, 2.75) is 159 Å². The quantitative estimate of drug-likeness (QED) is 0.0524. The molecule has 5 aromatic rings. The van der Waals surface area contributed by atoms with Crippen LogP contribution in [0.15, 0.2) is 70.8 Å². The topological polar surface area (TPSA) is 266 Å². The predicted molar refractivity (Wildman–Crippen MR) is 283 cm³/mol. The van der Waals surface area contributed by atoms with Gasteiger partial charge in [-0.15, -0.1) is 10.2 Å². The van der Waals surface area contributed by atoms with Gasteiger partial charge in [-0.3, -0.25) is 19.0 Å². The van der Waals surface area contributed by atoms with Gasteiger partial charge in [0.15, 0.2) is 0 Å². The van der Waals surface area contributed by atoms with E-state index in [4.69, 9.17) is 30.8 Å². The van der Waals surface area contributed by atoms with Crippen molar-refractivity contribution in [3.05, 3.63) is 82.6 Å². The minimum Gasteiger partial charge on any atom is -0.444 e. The van der Waals surface area contributed by atoms with Crippen molar-refractivity contribution in [2.75, 3.05) is 20.1 Å². The molecule has 0 radical (unpaired) electrons. The van der Waals surface area contributed by atoms with Crippen LogP contribution in [-0.2, 0) is 48.1 Å². The second-order valence-corrected chi connectivity index (χ2v) is 22.6. The third-order valence-corrected chi connectivity index (χ3v) is 13.2. The maximum atomic E-state index is 15.2. The number of amides is 5. The molecule has 0 spiro atoms. The minimum absolute atomic E-state index is 0.0672. The van der Waals surface area contributed by atoms with Crippen molar-refractivity contribution >= 4 is 70.3 Å². The summed E-state index contributed by atoms with van der Waals surface area (Å²) >= 11 is 8.38. The smallest absolute Gasteiger partial charge is 0.419 e. The monoisotopic (exact) mass is 1070 g/mol. The number of rotatable bonds is 12. The zero-order valence-electron chi connectivity index (χ0n) is 44.2. The van der Waals surface area contributed by atoms with Gasteiger partial charge in [-0.1, -0.05) is 47.6 Å². The van der Waals surface area contributed by atoms with Crippen molar-refractivity contribution in [2.24, 2.45) is 0 Å². The number of H-pyrrole nitrogens is 1. The molecule has 3 aromatic heterocycles. The summed E-state index contributed by atoms with van der Waals surface area (Å²) in [5.41, 5.74) is 0.696. The fourth-order valence-corrected chi connectivity index (χ4v) is 9.47. The van der Waals surface area contributed by atoms with Crippen LogP contribution in [0.3, 0.4) is 0 Å². The second kappa shape index (κ2) is 25.2. The fourth-order valence-electron chi connectivity index (χ4n) is 8.12. The molecule has 2 aromatic carbocycles. The molecule has 0 fully saturated rings. The van der Waals surface area contributed by atoms with E-state index in [1.54, 1.807) is 105 Å². The number of benzene rings is 2. The van der Waals surface area contributed by atoms with E-state index in [1.807, 2.05) is 18.2 Å². The number of tetrazole rings is 1. The lowest BCUT2D eigenvalue weighted by atomic mass is 10.0. The number of aromatic amines is 1. The van der Waals surface area contributed by atoms with Gasteiger partial charge in [0, 0.05) is 67.9 Å². The lowest BCUT2D eigenvalue weighted by Gasteiger charge is -2.32. The molecule has 0 bridgehead atoms. The van der Waals surface area contributed by atoms with Crippen molar-refractivity contribution in [1.29, 1.82) is 0 Å². The van der Waals surface area contributed by atoms with Gasteiger partial charge in [0.25, 0.3) is 0 Å². The van der Waals surface area contributed by atoms with Crippen molar-refractivity contribution < 1.29 is 43.0 Å². The van der Waals surface area contributed by atoms with E-state index in [2.05, 4.69) is 47.2 Å². The van der Waals surface area contributed by atoms with Crippen LogP contribution in [0.2, 0.25) is 5.02 Å². The van der Waals surface area contributed by atoms with Crippen LogP contribution in [0.1, 0.15) is 111 Å². The average molecular weight is 1070 g/mol. The van der Waals surface area contributed by atoms with Crippen molar-refractivity contribution in [3.63, 3.8) is 0 Å². The van der Waals surface area contributed by atoms with Gasteiger partial charge in [0.2, 0.25) is 23.5 Å². The first-order valence-corrected chi connectivity index (χ1v) is 26.1. The fraction of sp³-hybridized carbons (Fsp3) is 0.500. The largest absolute Gasteiger partial charge is 0.444 e. The zero-order chi connectivity index (χ0) is 54.7. The first-order chi connectivity index (χ1) is 35.4. The molecule has 0 unspecified atom stereocenters. The summed E-state index contributed by atoms with van der Waals surface area (Å²) in [5.74, 6) is -1.36. The number of carbonyl (C=O) groups is 6. The first-order valence-electron chi connectivity index (χ1n) is 24.9. The van der Waals surface area contributed by atoms with Gasteiger partial charge in [0.05, 0.1) is 16.6 Å². The Hall–Kier alpha value is -6.78. The van der Waals surface area contributed by atoms with Gasteiger partial charge in [0.1, 0.15) is 33.9 Å². The highest BCUT2D eigenvalue weighted by Crippen LogP contribution is 2.39. The molecule has 6 N–H and O–H groups in total. The Morgan fingerprint density at radius 1 is 0.800 bits per heavy atom. The molecule has 23 heteroatoms. The third kappa shape index (κ3) is 16.9. The van der Waals surface area contributed by atoms with Crippen LogP contribution in [-0.4, -0.2) is 126 Å². The molecule has 0 aliphatic carbocycles. The Bertz CT molecular complexity index is 2820. The lowest BCUT2D eigenvalue weighted by molar-refractivity contribution is -0.142. The van der Waals surface area contributed by atoms with E-state index in [1.165, 1.54) is 28.3 Å². The highest BCUT2D eigenvalue weighted by molar-refractivity contribution is 7.99. The van der Waals surface area contributed by atoms with Gasteiger partial charge in [-0.05, 0) is 141 Å². The van der Waals surface area contributed by atoms with E-state index in [-0.39, 0.29) is 51.3 Å². The first kappa shape index (κ1) is 57.5. The van der Waals surface area contributed by atoms with Gasteiger partial charge in [-0.25, -0.2) is 19.4 Å². The molecular formula is C52H69ClN12O9S. The molecule has 3 atom stereocenters. The number of nitrogens with one attached hydrogen (secondary N) is 6. The molecule has 0 saturated carbocycles. The van der Waals surface area contributed by atoms with Crippen LogP contribution in [0.5, 0.6) is 0 Å². The number of para-hydroxylation sites is 1. The minimum atomic E-state index is -1.22. The number of pyridine rings is 1. The number of likely N-dealkylation sites (N-methyl/N-ethyl adjacent to an activating group) is 1. The molecule has 1 aliphatic heterocycles. The normalized spacial score (nSPS) is 17.2. The molecule has 75 heavy (non-hydrogen) atoms. The Kier molecular flexibility index (Phi) is 19.3. The zero-order valence-corrected chi connectivity index (χ0v) is 45.8. The van der Waals surface area contributed by atoms with E-state index in [9.17, 15) is 19.2 Å². The van der Waals surface area contributed by atoms with Crippen LogP contribution < -0.4 is 26.6 Å².